The molecule has 0 atom stereocenters. The minimum absolute atomic E-state index is 0.0275. The van der Waals surface area contributed by atoms with E-state index >= 15 is 0 Å². The number of rotatable bonds is 9. The number of aryl methyl sites for hydroxylation is 2. The maximum atomic E-state index is 5.45. The normalized spacial score (nSPS) is 15.7. The molecule has 1 aromatic heterocycles. The molecular formula is C24H39N7O. The number of morpholine rings is 1. The molecule has 8 heteroatoms. The van der Waals surface area contributed by atoms with Crippen LogP contribution in [0.4, 0.5) is 0 Å². The van der Waals surface area contributed by atoms with Crippen molar-refractivity contribution >= 4 is 5.96 Å². The lowest BCUT2D eigenvalue weighted by Crippen LogP contribution is -2.47. The van der Waals surface area contributed by atoms with Crippen LogP contribution in [0, 0.1) is 6.92 Å². The third-order valence-electron chi connectivity index (χ3n) is 6.23. The van der Waals surface area contributed by atoms with Gasteiger partial charge in [-0.25, -0.2) is 4.99 Å². The highest BCUT2D eigenvalue weighted by Gasteiger charge is 2.21. The summed E-state index contributed by atoms with van der Waals surface area (Å²) in [6.45, 7) is 15.3. The molecule has 0 unspecified atom stereocenters. The molecule has 0 radical (unpaired) electrons. The lowest BCUT2D eigenvalue weighted by molar-refractivity contribution is 0.0389. The fourth-order valence-electron chi connectivity index (χ4n) is 3.67. The Bertz CT molecular complexity index is 867. The standard InChI is InChI=1S/C24H39N7O/c1-6-20-7-9-21(10-8-20)24(3,4)18-27-23(25-11-12-31-13-15-32-16-14-31)26-17-22-29-28-19(2)30(22)5/h7-10H,6,11-18H2,1-5H3,(H2,25,26,27). The van der Waals surface area contributed by atoms with E-state index in [1.54, 1.807) is 0 Å². The second-order valence-electron chi connectivity index (χ2n) is 9.06. The molecule has 32 heavy (non-hydrogen) atoms. The zero-order valence-corrected chi connectivity index (χ0v) is 20.3. The molecular weight excluding hydrogens is 402 g/mol. The minimum Gasteiger partial charge on any atom is -0.379 e. The smallest absolute Gasteiger partial charge is 0.191 e. The number of guanidine groups is 1. The van der Waals surface area contributed by atoms with E-state index in [0.29, 0.717) is 6.54 Å². The summed E-state index contributed by atoms with van der Waals surface area (Å²) in [5.41, 5.74) is 2.66. The Balaban J connectivity index is 1.63. The Morgan fingerprint density at radius 1 is 1.12 bits per heavy atom. The number of aromatic nitrogens is 3. The monoisotopic (exact) mass is 441 g/mol. The summed E-state index contributed by atoms with van der Waals surface area (Å²) in [5, 5.41) is 15.4. The van der Waals surface area contributed by atoms with Crippen LogP contribution in [-0.2, 0) is 30.2 Å². The van der Waals surface area contributed by atoms with Gasteiger partial charge >= 0.3 is 0 Å². The van der Waals surface area contributed by atoms with Crippen LogP contribution >= 0.6 is 0 Å². The van der Waals surface area contributed by atoms with Gasteiger partial charge in [0.1, 0.15) is 12.4 Å². The fraction of sp³-hybridized carbons (Fsp3) is 0.625. The summed E-state index contributed by atoms with van der Waals surface area (Å²) in [6.07, 6.45) is 1.06. The van der Waals surface area contributed by atoms with Crippen molar-refractivity contribution in [3.05, 3.63) is 47.0 Å². The molecule has 1 aliphatic heterocycles. The van der Waals surface area contributed by atoms with E-state index in [2.05, 4.69) is 70.8 Å². The van der Waals surface area contributed by atoms with Crippen LogP contribution in [-0.4, -0.2) is 71.6 Å². The topological polar surface area (TPSA) is 79.6 Å². The van der Waals surface area contributed by atoms with Crippen molar-refractivity contribution in [2.75, 3.05) is 45.9 Å². The molecule has 8 nitrogen and oxygen atoms in total. The number of hydrogen-bond acceptors (Lipinski definition) is 5. The average Bonchev–Trinajstić information content (AvgIpc) is 3.13. The Labute approximate surface area is 192 Å². The highest BCUT2D eigenvalue weighted by molar-refractivity contribution is 5.79. The third kappa shape index (κ3) is 6.77. The van der Waals surface area contributed by atoms with E-state index < -0.39 is 0 Å². The van der Waals surface area contributed by atoms with E-state index in [-0.39, 0.29) is 5.41 Å². The summed E-state index contributed by atoms with van der Waals surface area (Å²) in [6, 6.07) is 8.93. The molecule has 1 saturated heterocycles. The van der Waals surface area contributed by atoms with Gasteiger partial charge in [0.2, 0.25) is 0 Å². The molecule has 1 aromatic carbocycles. The predicted octanol–water partition coefficient (Wildman–Crippen LogP) is 2.03. The molecule has 2 N–H and O–H groups in total. The van der Waals surface area contributed by atoms with Gasteiger partial charge in [0.15, 0.2) is 11.8 Å². The van der Waals surface area contributed by atoms with Gasteiger partial charge in [-0.05, 0) is 24.5 Å². The molecule has 0 spiro atoms. The van der Waals surface area contributed by atoms with E-state index in [1.807, 2.05) is 18.5 Å². The largest absolute Gasteiger partial charge is 0.379 e. The zero-order valence-electron chi connectivity index (χ0n) is 20.3. The maximum absolute atomic E-state index is 5.45. The Hall–Kier alpha value is -2.45. The highest BCUT2D eigenvalue weighted by Crippen LogP contribution is 2.22. The van der Waals surface area contributed by atoms with Gasteiger partial charge in [-0.15, -0.1) is 10.2 Å². The molecule has 176 valence electrons. The second-order valence-corrected chi connectivity index (χ2v) is 9.06. The number of nitrogens with zero attached hydrogens (tertiary/aromatic N) is 5. The first-order valence-electron chi connectivity index (χ1n) is 11.7. The van der Waals surface area contributed by atoms with Crippen LogP contribution in [0.15, 0.2) is 29.3 Å². The first-order chi connectivity index (χ1) is 15.4. The minimum atomic E-state index is -0.0275. The highest BCUT2D eigenvalue weighted by atomic mass is 16.5. The number of aliphatic imine (C=N–C) groups is 1. The average molecular weight is 442 g/mol. The second kappa shape index (κ2) is 11.4. The maximum Gasteiger partial charge on any atom is 0.191 e. The Morgan fingerprint density at radius 3 is 2.47 bits per heavy atom. The number of nitrogens with one attached hydrogen (secondary N) is 2. The molecule has 2 heterocycles. The van der Waals surface area contributed by atoms with Crippen molar-refractivity contribution in [1.82, 2.24) is 30.3 Å². The molecule has 0 aliphatic carbocycles. The molecule has 3 rings (SSSR count). The van der Waals surface area contributed by atoms with Crippen LogP contribution in [0.3, 0.4) is 0 Å². The molecule has 1 fully saturated rings. The van der Waals surface area contributed by atoms with Gasteiger partial charge in [-0.1, -0.05) is 45.0 Å². The van der Waals surface area contributed by atoms with Crippen LogP contribution < -0.4 is 10.6 Å². The fourth-order valence-corrected chi connectivity index (χ4v) is 3.67. The van der Waals surface area contributed by atoms with Gasteiger partial charge in [0.25, 0.3) is 0 Å². The van der Waals surface area contributed by atoms with E-state index in [0.717, 1.165) is 70.0 Å². The molecule has 0 amide bonds. The molecule has 0 saturated carbocycles. The molecule has 1 aliphatic rings. The summed E-state index contributed by atoms with van der Waals surface area (Å²) in [5.74, 6) is 2.55. The predicted molar refractivity (Wildman–Crippen MR) is 129 cm³/mol. The lowest BCUT2D eigenvalue weighted by atomic mass is 9.84. The van der Waals surface area contributed by atoms with E-state index in [9.17, 15) is 0 Å². The lowest BCUT2D eigenvalue weighted by Gasteiger charge is -2.28. The Kier molecular flexibility index (Phi) is 8.64. The summed E-state index contributed by atoms with van der Waals surface area (Å²) < 4.78 is 7.43. The summed E-state index contributed by atoms with van der Waals surface area (Å²) >= 11 is 0. The van der Waals surface area contributed by atoms with Crippen molar-refractivity contribution < 1.29 is 4.74 Å². The SMILES string of the molecule is CCc1ccc(C(C)(C)CNC(=NCc2nnc(C)n2C)NCCN2CCOCC2)cc1. The van der Waals surface area contributed by atoms with Crippen LogP contribution in [0.25, 0.3) is 0 Å². The third-order valence-corrected chi connectivity index (χ3v) is 6.23. The first kappa shape index (κ1) is 24.2. The van der Waals surface area contributed by atoms with Gasteiger partial charge in [0.05, 0.1) is 13.2 Å². The van der Waals surface area contributed by atoms with Crippen molar-refractivity contribution in [3.63, 3.8) is 0 Å². The van der Waals surface area contributed by atoms with Crippen molar-refractivity contribution in [2.24, 2.45) is 12.0 Å². The van der Waals surface area contributed by atoms with E-state index in [1.165, 1.54) is 11.1 Å². The van der Waals surface area contributed by atoms with Gasteiger partial charge in [-0.2, -0.15) is 0 Å². The summed E-state index contributed by atoms with van der Waals surface area (Å²) in [7, 11) is 1.97. The zero-order chi connectivity index (χ0) is 23.0. The van der Waals surface area contributed by atoms with Crippen molar-refractivity contribution in [1.29, 1.82) is 0 Å². The Morgan fingerprint density at radius 2 is 1.84 bits per heavy atom. The van der Waals surface area contributed by atoms with Crippen molar-refractivity contribution in [3.8, 4) is 0 Å². The first-order valence-corrected chi connectivity index (χ1v) is 11.7. The number of hydrogen-bond donors (Lipinski definition) is 2. The quantitative estimate of drug-likeness (QED) is 0.458. The molecule has 0 bridgehead atoms. The van der Waals surface area contributed by atoms with E-state index in [4.69, 9.17) is 9.73 Å². The number of benzene rings is 1. The van der Waals surface area contributed by atoms with Gasteiger partial charge in [-0.3, -0.25) is 4.90 Å². The van der Waals surface area contributed by atoms with Crippen LogP contribution in [0.1, 0.15) is 43.5 Å². The van der Waals surface area contributed by atoms with Crippen LogP contribution in [0.2, 0.25) is 0 Å². The van der Waals surface area contributed by atoms with Crippen LogP contribution in [0.5, 0.6) is 0 Å². The van der Waals surface area contributed by atoms with Gasteiger partial charge in [0, 0.05) is 45.2 Å². The number of ether oxygens (including phenoxy) is 1. The summed E-state index contributed by atoms with van der Waals surface area (Å²) in [4.78, 5) is 7.22. The molecule has 2 aromatic rings. The van der Waals surface area contributed by atoms with Gasteiger partial charge < -0.3 is 19.9 Å². The van der Waals surface area contributed by atoms with Crippen molar-refractivity contribution in [2.45, 2.75) is 46.1 Å².